The molecule has 0 atom stereocenters. The third kappa shape index (κ3) is 8.42. The Kier molecular flexibility index (Phi) is 8.61. The highest BCUT2D eigenvalue weighted by atomic mass is 16.6. The third-order valence-corrected chi connectivity index (χ3v) is 4.64. The van der Waals surface area contributed by atoms with Crippen molar-refractivity contribution in [3.05, 3.63) is 70.4 Å². The molecule has 3 N–H and O–H groups in total. The van der Waals surface area contributed by atoms with E-state index < -0.39 is 16.6 Å². The molecule has 0 fully saturated rings. The zero-order valence-corrected chi connectivity index (χ0v) is 20.7. The van der Waals surface area contributed by atoms with Crippen LogP contribution in [0.5, 0.6) is 5.75 Å². The molecule has 0 saturated carbocycles. The Morgan fingerprint density at radius 2 is 1.81 bits per heavy atom. The average molecular weight is 495 g/mol. The molecule has 0 aliphatic carbocycles. The molecule has 11 heteroatoms. The second kappa shape index (κ2) is 11.8. The van der Waals surface area contributed by atoms with Crippen LogP contribution in [0, 0.1) is 17.0 Å². The molecule has 0 radical (unpaired) electrons. The van der Waals surface area contributed by atoms with Gasteiger partial charge in [-0.15, -0.1) is 0 Å². The summed E-state index contributed by atoms with van der Waals surface area (Å²) in [5, 5.41) is 20.0. The second-order valence-corrected chi connectivity index (χ2v) is 8.94. The number of nitrogens with zero attached hydrogens (tertiary/aromatic N) is 3. The molecule has 0 unspecified atom stereocenters. The number of alkyl carbamates (subject to hydrolysis) is 1. The molecule has 3 aromatic rings. The largest absolute Gasteiger partial charge is 0.493 e. The Morgan fingerprint density at radius 3 is 2.53 bits per heavy atom. The van der Waals surface area contributed by atoms with Gasteiger partial charge in [-0.05, 0) is 52.3 Å². The van der Waals surface area contributed by atoms with Crippen molar-refractivity contribution >= 4 is 34.9 Å². The van der Waals surface area contributed by atoms with E-state index in [1.807, 2.05) is 52.0 Å². The fraction of sp³-hybridized carbons (Fsp3) is 0.320. The van der Waals surface area contributed by atoms with Gasteiger partial charge in [0.2, 0.25) is 5.95 Å². The minimum Gasteiger partial charge on any atom is -0.493 e. The molecule has 0 aliphatic rings. The standard InChI is InChI=1S/C25H30N6O5/c1-17-16-27-23(30-22(17)28-18-8-5-10-20(14-18)31(33)34)29-19-9-6-11-21(15-19)35-13-7-12-26-24(32)36-25(2,3)4/h5-6,8-11,14-16H,7,12-13H2,1-4H3,(H,26,32)(H2,27,28,29,30). The number of ether oxygens (including phenoxy) is 2. The van der Waals surface area contributed by atoms with Crippen LogP contribution >= 0.6 is 0 Å². The average Bonchev–Trinajstić information content (AvgIpc) is 2.80. The lowest BCUT2D eigenvalue weighted by Gasteiger charge is -2.19. The van der Waals surface area contributed by atoms with Gasteiger partial charge in [-0.3, -0.25) is 10.1 Å². The SMILES string of the molecule is Cc1cnc(Nc2cccc(OCCCNC(=O)OC(C)(C)C)c2)nc1Nc1cccc([N+](=O)[O-])c1. The Hall–Kier alpha value is -4.41. The number of carbonyl (C=O) groups is 1. The van der Waals surface area contributed by atoms with Crippen LogP contribution < -0.4 is 20.7 Å². The Bertz CT molecular complexity index is 1210. The summed E-state index contributed by atoms with van der Waals surface area (Å²) in [5.74, 6) is 1.53. The molecular weight excluding hydrogens is 464 g/mol. The number of anilines is 4. The van der Waals surface area contributed by atoms with Gasteiger partial charge in [-0.1, -0.05) is 12.1 Å². The highest BCUT2D eigenvalue weighted by Gasteiger charge is 2.15. The number of nitro groups is 1. The summed E-state index contributed by atoms with van der Waals surface area (Å²) in [6, 6.07) is 13.5. The fourth-order valence-electron chi connectivity index (χ4n) is 3.02. The number of carbonyl (C=O) groups excluding carboxylic acids is 1. The molecule has 190 valence electrons. The Labute approximate surface area is 209 Å². The Balaban J connectivity index is 1.55. The van der Waals surface area contributed by atoms with Gasteiger partial charge in [0, 0.05) is 47.9 Å². The highest BCUT2D eigenvalue weighted by Crippen LogP contribution is 2.25. The third-order valence-electron chi connectivity index (χ3n) is 4.64. The predicted molar refractivity (Wildman–Crippen MR) is 137 cm³/mol. The molecule has 11 nitrogen and oxygen atoms in total. The van der Waals surface area contributed by atoms with E-state index in [9.17, 15) is 14.9 Å². The van der Waals surface area contributed by atoms with Gasteiger partial charge in [0.1, 0.15) is 17.2 Å². The summed E-state index contributed by atoms with van der Waals surface area (Å²) < 4.78 is 11.0. The van der Waals surface area contributed by atoms with Crippen molar-refractivity contribution in [1.29, 1.82) is 0 Å². The summed E-state index contributed by atoms with van der Waals surface area (Å²) in [4.78, 5) is 31.1. The summed E-state index contributed by atoms with van der Waals surface area (Å²) >= 11 is 0. The number of non-ortho nitro benzene ring substituents is 1. The first-order chi connectivity index (χ1) is 17.1. The Morgan fingerprint density at radius 1 is 1.08 bits per heavy atom. The minimum absolute atomic E-state index is 0.0116. The molecule has 1 heterocycles. The molecule has 3 rings (SSSR count). The van der Waals surface area contributed by atoms with Crippen molar-refractivity contribution in [2.24, 2.45) is 0 Å². The molecule has 1 aromatic heterocycles. The van der Waals surface area contributed by atoms with E-state index in [0.29, 0.717) is 42.8 Å². The van der Waals surface area contributed by atoms with Gasteiger partial charge in [-0.2, -0.15) is 4.98 Å². The predicted octanol–water partition coefficient (Wildman–Crippen LogP) is 5.47. The molecule has 0 aliphatic heterocycles. The van der Waals surface area contributed by atoms with E-state index in [4.69, 9.17) is 9.47 Å². The van der Waals surface area contributed by atoms with Gasteiger partial charge < -0.3 is 25.4 Å². The lowest BCUT2D eigenvalue weighted by atomic mass is 10.2. The zero-order chi connectivity index (χ0) is 26.1. The van der Waals surface area contributed by atoms with E-state index in [-0.39, 0.29) is 5.69 Å². The zero-order valence-electron chi connectivity index (χ0n) is 20.7. The van der Waals surface area contributed by atoms with Crippen LogP contribution in [-0.4, -0.2) is 39.7 Å². The van der Waals surface area contributed by atoms with Crippen LogP contribution in [-0.2, 0) is 4.74 Å². The number of amides is 1. The number of benzene rings is 2. The van der Waals surface area contributed by atoms with Crippen LogP contribution in [0.4, 0.5) is 33.6 Å². The minimum atomic E-state index is -0.533. The molecule has 0 spiro atoms. The number of rotatable bonds is 10. The highest BCUT2D eigenvalue weighted by molar-refractivity contribution is 5.67. The summed E-state index contributed by atoms with van der Waals surface area (Å²) in [5.41, 5.74) is 1.51. The number of hydrogen-bond donors (Lipinski definition) is 3. The van der Waals surface area contributed by atoms with Crippen molar-refractivity contribution in [2.45, 2.75) is 39.7 Å². The topological polar surface area (TPSA) is 141 Å². The first kappa shape index (κ1) is 26.2. The van der Waals surface area contributed by atoms with Gasteiger partial charge in [0.25, 0.3) is 5.69 Å². The van der Waals surface area contributed by atoms with Crippen molar-refractivity contribution < 1.29 is 19.2 Å². The van der Waals surface area contributed by atoms with Crippen LogP contribution in [0.15, 0.2) is 54.7 Å². The van der Waals surface area contributed by atoms with Crippen LogP contribution in [0.1, 0.15) is 32.8 Å². The first-order valence-corrected chi connectivity index (χ1v) is 11.4. The summed E-state index contributed by atoms with van der Waals surface area (Å²) in [6.07, 6.45) is 1.82. The van der Waals surface area contributed by atoms with E-state index in [2.05, 4.69) is 25.9 Å². The van der Waals surface area contributed by atoms with Gasteiger partial charge in [0.15, 0.2) is 0 Å². The smallest absolute Gasteiger partial charge is 0.407 e. The van der Waals surface area contributed by atoms with E-state index in [0.717, 1.165) is 11.3 Å². The van der Waals surface area contributed by atoms with Crippen LogP contribution in [0.25, 0.3) is 0 Å². The molecule has 0 bridgehead atoms. The van der Waals surface area contributed by atoms with Crippen LogP contribution in [0.2, 0.25) is 0 Å². The fourth-order valence-corrected chi connectivity index (χ4v) is 3.02. The van der Waals surface area contributed by atoms with E-state index in [1.165, 1.54) is 12.1 Å². The number of nitrogens with one attached hydrogen (secondary N) is 3. The van der Waals surface area contributed by atoms with Gasteiger partial charge in [-0.25, -0.2) is 9.78 Å². The van der Waals surface area contributed by atoms with E-state index in [1.54, 1.807) is 18.3 Å². The molecule has 0 saturated heterocycles. The molecular formula is C25H30N6O5. The lowest BCUT2D eigenvalue weighted by Crippen LogP contribution is -2.33. The van der Waals surface area contributed by atoms with Crippen LogP contribution in [0.3, 0.4) is 0 Å². The maximum absolute atomic E-state index is 11.7. The van der Waals surface area contributed by atoms with Crippen molar-refractivity contribution in [3.63, 3.8) is 0 Å². The summed E-state index contributed by atoms with van der Waals surface area (Å²) in [6.45, 7) is 8.13. The number of aryl methyl sites for hydroxylation is 1. The summed E-state index contributed by atoms with van der Waals surface area (Å²) in [7, 11) is 0. The molecule has 36 heavy (non-hydrogen) atoms. The van der Waals surface area contributed by atoms with Crippen molar-refractivity contribution in [1.82, 2.24) is 15.3 Å². The number of nitro benzene ring substituents is 1. The van der Waals surface area contributed by atoms with E-state index >= 15 is 0 Å². The van der Waals surface area contributed by atoms with Crippen molar-refractivity contribution in [2.75, 3.05) is 23.8 Å². The first-order valence-electron chi connectivity index (χ1n) is 11.4. The van der Waals surface area contributed by atoms with Gasteiger partial charge >= 0.3 is 6.09 Å². The van der Waals surface area contributed by atoms with Crippen molar-refractivity contribution in [3.8, 4) is 5.75 Å². The maximum atomic E-state index is 11.7. The van der Waals surface area contributed by atoms with Gasteiger partial charge in [0.05, 0.1) is 11.5 Å². The quantitative estimate of drug-likeness (QED) is 0.190. The second-order valence-electron chi connectivity index (χ2n) is 8.94. The number of aromatic nitrogens is 2. The number of hydrogen-bond acceptors (Lipinski definition) is 9. The monoisotopic (exact) mass is 494 g/mol. The molecule has 2 aromatic carbocycles. The normalized spacial score (nSPS) is 10.9. The molecule has 1 amide bonds. The lowest BCUT2D eigenvalue weighted by molar-refractivity contribution is -0.384. The maximum Gasteiger partial charge on any atom is 0.407 e.